The molecule has 0 heterocycles. The lowest BCUT2D eigenvalue weighted by Crippen LogP contribution is -2.31. The second-order valence-electron chi connectivity index (χ2n) is 4.72. The monoisotopic (exact) mass is 256 g/mol. The van der Waals surface area contributed by atoms with Gasteiger partial charge in [-0.25, -0.2) is 0 Å². The van der Waals surface area contributed by atoms with E-state index in [-0.39, 0.29) is 5.91 Å². The number of nitriles is 1. The second kappa shape index (κ2) is 6.17. The molecule has 1 atom stereocenters. The molecule has 0 aliphatic heterocycles. The van der Waals surface area contributed by atoms with Crippen LogP contribution in [0.15, 0.2) is 30.3 Å². The zero-order valence-corrected chi connectivity index (χ0v) is 10.5. The summed E-state index contributed by atoms with van der Waals surface area (Å²) in [5, 5.41) is 21.0. The lowest BCUT2D eigenvalue weighted by atomic mass is 10.1. The van der Waals surface area contributed by atoms with Crippen LogP contribution in [0.3, 0.4) is 0 Å². The van der Waals surface area contributed by atoms with Gasteiger partial charge in [0.2, 0.25) is 5.91 Å². The van der Waals surface area contributed by atoms with E-state index in [1.165, 1.54) is 6.08 Å². The molecule has 0 radical (unpaired) electrons. The minimum atomic E-state index is -0.431. The van der Waals surface area contributed by atoms with Gasteiger partial charge in [-0.15, -0.1) is 0 Å². The number of nitrogens with zero attached hydrogens (tertiary/aromatic N) is 1. The SMILES string of the molecule is N#Cc1cccc(/C=C/C(=O)NCC(O)C2CC2)c1. The van der Waals surface area contributed by atoms with Gasteiger partial charge in [0.1, 0.15) is 0 Å². The molecule has 1 unspecified atom stereocenters. The smallest absolute Gasteiger partial charge is 0.244 e. The van der Waals surface area contributed by atoms with E-state index in [0.717, 1.165) is 18.4 Å². The molecule has 1 amide bonds. The molecule has 1 aliphatic rings. The molecule has 1 aromatic carbocycles. The molecule has 2 N–H and O–H groups in total. The highest BCUT2D eigenvalue weighted by molar-refractivity contribution is 5.91. The predicted molar refractivity (Wildman–Crippen MR) is 71.9 cm³/mol. The average molecular weight is 256 g/mol. The molecular weight excluding hydrogens is 240 g/mol. The van der Waals surface area contributed by atoms with Crippen molar-refractivity contribution in [1.82, 2.24) is 5.32 Å². The summed E-state index contributed by atoms with van der Waals surface area (Å²) < 4.78 is 0. The van der Waals surface area contributed by atoms with Crippen LogP contribution in [0.5, 0.6) is 0 Å². The van der Waals surface area contributed by atoms with Gasteiger partial charge in [-0.1, -0.05) is 12.1 Å². The molecule has 19 heavy (non-hydrogen) atoms. The van der Waals surface area contributed by atoms with Crippen LogP contribution in [0, 0.1) is 17.2 Å². The summed E-state index contributed by atoms with van der Waals surface area (Å²) in [4.78, 5) is 11.5. The molecule has 0 bridgehead atoms. The molecule has 0 spiro atoms. The Bertz CT molecular complexity index is 527. The van der Waals surface area contributed by atoms with Crippen LogP contribution in [-0.2, 0) is 4.79 Å². The summed E-state index contributed by atoms with van der Waals surface area (Å²) in [5.74, 6) is 0.124. The van der Waals surface area contributed by atoms with Crippen molar-refractivity contribution in [3.8, 4) is 6.07 Å². The highest BCUT2D eigenvalue weighted by atomic mass is 16.3. The lowest BCUT2D eigenvalue weighted by Gasteiger charge is -2.08. The maximum absolute atomic E-state index is 11.5. The zero-order chi connectivity index (χ0) is 13.7. The van der Waals surface area contributed by atoms with Crippen molar-refractivity contribution in [2.24, 2.45) is 5.92 Å². The Hall–Kier alpha value is -2.12. The number of hydrogen-bond donors (Lipinski definition) is 2. The Morgan fingerprint density at radius 3 is 3.05 bits per heavy atom. The van der Waals surface area contributed by atoms with E-state index in [4.69, 9.17) is 5.26 Å². The van der Waals surface area contributed by atoms with E-state index in [1.54, 1.807) is 24.3 Å². The van der Waals surface area contributed by atoms with Gasteiger partial charge in [-0.2, -0.15) is 5.26 Å². The third kappa shape index (κ3) is 4.23. The van der Waals surface area contributed by atoms with E-state index < -0.39 is 6.10 Å². The van der Waals surface area contributed by atoms with Gasteiger partial charge in [0, 0.05) is 12.6 Å². The second-order valence-corrected chi connectivity index (χ2v) is 4.72. The topological polar surface area (TPSA) is 73.1 Å². The van der Waals surface area contributed by atoms with Gasteiger partial charge in [0.15, 0.2) is 0 Å². The number of carbonyl (C=O) groups excluding carboxylic acids is 1. The van der Waals surface area contributed by atoms with E-state index in [1.807, 2.05) is 12.1 Å². The summed E-state index contributed by atoms with van der Waals surface area (Å²) in [7, 11) is 0. The van der Waals surface area contributed by atoms with Crippen molar-refractivity contribution in [3.05, 3.63) is 41.5 Å². The average Bonchev–Trinajstić information content (AvgIpc) is 3.27. The molecule has 98 valence electrons. The molecule has 1 fully saturated rings. The quantitative estimate of drug-likeness (QED) is 0.783. The van der Waals surface area contributed by atoms with Crippen LogP contribution >= 0.6 is 0 Å². The standard InChI is InChI=1S/C15H16N2O2/c16-9-12-3-1-2-11(8-12)4-7-15(19)17-10-14(18)13-5-6-13/h1-4,7-8,13-14,18H,5-6,10H2,(H,17,19)/b7-4+. The number of aliphatic hydroxyl groups is 1. The fraction of sp³-hybridized carbons (Fsp3) is 0.333. The number of amides is 1. The Morgan fingerprint density at radius 1 is 1.58 bits per heavy atom. The molecule has 1 saturated carbocycles. The zero-order valence-electron chi connectivity index (χ0n) is 10.5. The van der Waals surface area contributed by atoms with Crippen molar-refractivity contribution < 1.29 is 9.90 Å². The first kappa shape index (κ1) is 13.3. The summed E-state index contributed by atoms with van der Waals surface area (Å²) in [6.45, 7) is 0.298. The maximum atomic E-state index is 11.5. The molecule has 0 aromatic heterocycles. The molecule has 2 rings (SSSR count). The Balaban J connectivity index is 1.83. The van der Waals surface area contributed by atoms with Gasteiger partial charge in [0.25, 0.3) is 0 Å². The number of rotatable bonds is 5. The summed E-state index contributed by atoms with van der Waals surface area (Å²) in [6, 6.07) is 9.06. The van der Waals surface area contributed by atoms with Crippen molar-refractivity contribution in [1.29, 1.82) is 5.26 Å². The van der Waals surface area contributed by atoms with Crippen LogP contribution in [-0.4, -0.2) is 23.7 Å². The van der Waals surface area contributed by atoms with Crippen LogP contribution in [0.4, 0.5) is 0 Å². The highest BCUT2D eigenvalue weighted by Crippen LogP contribution is 2.32. The van der Waals surface area contributed by atoms with Crippen molar-refractivity contribution in [3.63, 3.8) is 0 Å². The first-order valence-electron chi connectivity index (χ1n) is 6.33. The third-order valence-electron chi connectivity index (χ3n) is 3.09. The minimum Gasteiger partial charge on any atom is -0.391 e. The Labute approximate surface area is 112 Å². The maximum Gasteiger partial charge on any atom is 0.244 e. The van der Waals surface area contributed by atoms with Gasteiger partial charge in [0.05, 0.1) is 17.7 Å². The molecule has 1 aliphatic carbocycles. The molecule has 4 heteroatoms. The number of aliphatic hydroxyl groups excluding tert-OH is 1. The molecule has 0 saturated heterocycles. The number of hydrogen-bond acceptors (Lipinski definition) is 3. The van der Waals surface area contributed by atoms with E-state index in [2.05, 4.69) is 5.32 Å². The summed E-state index contributed by atoms with van der Waals surface area (Å²) >= 11 is 0. The van der Waals surface area contributed by atoms with Crippen molar-refractivity contribution in [2.75, 3.05) is 6.54 Å². The van der Waals surface area contributed by atoms with E-state index in [9.17, 15) is 9.90 Å². The third-order valence-corrected chi connectivity index (χ3v) is 3.09. The lowest BCUT2D eigenvalue weighted by molar-refractivity contribution is -0.116. The first-order chi connectivity index (χ1) is 9.19. The van der Waals surface area contributed by atoms with Gasteiger partial charge < -0.3 is 10.4 Å². The highest BCUT2D eigenvalue weighted by Gasteiger charge is 2.29. The van der Waals surface area contributed by atoms with Gasteiger partial charge in [-0.05, 0) is 42.5 Å². The minimum absolute atomic E-state index is 0.234. The molecule has 4 nitrogen and oxygen atoms in total. The fourth-order valence-electron chi connectivity index (χ4n) is 1.80. The Kier molecular flexibility index (Phi) is 4.32. The number of nitrogens with one attached hydrogen (secondary N) is 1. The first-order valence-corrected chi connectivity index (χ1v) is 6.33. The Morgan fingerprint density at radius 2 is 2.37 bits per heavy atom. The number of carbonyl (C=O) groups is 1. The van der Waals surface area contributed by atoms with Gasteiger partial charge in [-0.3, -0.25) is 4.79 Å². The normalized spacial score (nSPS) is 16.0. The van der Waals surface area contributed by atoms with Crippen molar-refractivity contribution in [2.45, 2.75) is 18.9 Å². The van der Waals surface area contributed by atoms with Crippen LogP contribution < -0.4 is 5.32 Å². The molecule has 1 aromatic rings. The summed E-state index contributed by atoms with van der Waals surface area (Å²) in [6.07, 6.45) is 4.73. The predicted octanol–water partition coefficient (Wildman–Crippen LogP) is 1.46. The van der Waals surface area contributed by atoms with Crippen LogP contribution in [0.1, 0.15) is 24.0 Å². The van der Waals surface area contributed by atoms with Gasteiger partial charge >= 0.3 is 0 Å². The summed E-state index contributed by atoms with van der Waals surface area (Å²) in [5.41, 5.74) is 1.36. The van der Waals surface area contributed by atoms with E-state index >= 15 is 0 Å². The van der Waals surface area contributed by atoms with Crippen molar-refractivity contribution >= 4 is 12.0 Å². The molecular formula is C15H16N2O2. The van der Waals surface area contributed by atoms with Crippen LogP contribution in [0.2, 0.25) is 0 Å². The number of benzene rings is 1. The van der Waals surface area contributed by atoms with E-state index in [0.29, 0.717) is 18.0 Å². The largest absolute Gasteiger partial charge is 0.391 e. The van der Waals surface area contributed by atoms with Crippen LogP contribution in [0.25, 0.3) is 6.08 Å². The fourth-order valence-corrected chi connectivity index (χ4v) is 1.80.